The maximum atomic E-state index is 12.5. The number of aromatic amines is 1. The number of benzene rings is 1. The number of ether oxygens (including phenoxy) is 3. The SMILES string of the molecule is CCOC(=O)c1c(C)[nH]c(C(=O)O[C@@H](C)C(=O)Nc2cccc(OC)c2)c1C. The number of aryl methyl sites for hydroxylation is 1. The Balaban J connectivity index is 2.08. The van der Waals surface area contributed by atoms with Crippen LogP contribution in [-0.4, -0.2) is 42.7 Å². The van der Waals surface area contributed by atoms with Crippen LogP contribution in [0.5, 0.6) is 5.75 Å². The van der Waals surface area contributed by atoms with Gasteiger partial charge in [-0.3, -0.25) is 4.79 Å². The molecular weight excluding hydrogens is 364 g/mol. The fraction of sp³-hybridized carbons (Fsp3) is 0.350. The van der Waals surface area contributed by atoms with Crippen molar-refractivity contribution in [1.82, 2.24) is 4.98 Å². The lowest BCUT2D eigenvalue weighted by Gasteiger charge is -2.14. The minimum absolute atomic E-state index is 0.113. The van der Waals surface area contributed by atoms with Crippen molar-refractivity contribution in [3.05, 3.63) is 46.8 Å². The van der Waals surface area contributed by atoms with Crippen molar-refractivity contribution in [3.63, 3.8) is 0 Å². The first-order valence-electron chi connectivity index (χ1n) is 8.80. The molecule has 2 aromatic rings. The van der Waals surface area contributed by atoms with E-state index >= 15 is 0 Å². The Bertz CT molecular complexity index is 887. The molecule has 1 amide bonds. The maximum absolute atomic E-state index is 12.5. The maximum Gasteiger partial charge on any atom is 0.355 e. The number of anilines is 1. The van der Waals surface area contributed by atoms with Gasteiger partial charge in [0, 0.05) is 17.4 Å². The van der Waals surface area contributed by atoms with Gasteiger partial charge in [0.2, 0.25) is 0 Å². The summed E-state index contributed by atoms with van der Waals surface area (Å²) in [4.78, 5) is 39.7. The molecule has 2 N–H and O–H groups in total. The number of rotatable bonds is 7. The van der Waals surface area contributed by atoms with Gasteiger partial charge in [-0.1, -0.05) is 6.07 Å². The lowest BCUT2D eigenvalue weighted by molar-refractivity contribution is -0.123. The average Bonchev–Trinajstić information content (AvgIpc) is 2.96. The van der Waals surface area contributed by atoms with Crippen LogP contribution in [0.4, 0.5) is 5.69 Å². The van der Waals surface area contributed by atoms with E-state index in [0.717, 1.165) is 0 Å². The first-order valence-corrected chi connectivity index (χ1v) is 8.80. The molecule has 0 unspecified atom stereocenters. The van der Waals surface area contributed by atoms with Crippen LogP contribution in [-0.2, 0) is 14.3 Å². The Kier molecular flexibility index (Phi) is 6.81. The van der Waals surface area contributed by atoms with E-state index in [1.165, 1.54) is 14.0 Å². The second-order valence-corrected chi connectivity index (χ2v) is 6.11. The zero-order valence-corrected chi connectivity index (χ0v) is 16.5. The van der Waals surface area contributed by atoms with Crippen molar-refractivity contribution < 1.29 is 28.6 Å². The molecule has 1 aromatic carbocycles. The number of methoxy groups -OCH3 is 1. The molecule has 1 heterocycles. The number of carbonyl (C=O) groups is 3. The van der Waals surface area contributed by atoms with Gasteiger partial charge in [0.1, 0.15) is 11.4 Å². The molecule has 150 valence electrons. The van der Waals surface area contributed by atoms with Crippen molar-refractivity contribution in [1.29, 1.82) is 0 Å². The van der Waals surface area contributed by atoms with Crippen molar-refractivity contribution in [3.8, 4) is 5.75 Å². The van der Waals surface area contributed by atoms with E-state index < -0.39 is 23.9 Å². The summed E-state index contributed by atoms with van der Waals surface area (Å²) in [6.07, 6.45) is -1.05. The summed E-state index contributed by atoms with van der Waals surface area (Å²) in [5.41, 5.74) is 1.84. The molecule has 0 aliphatic rings. The minimum Gasteiger partial charge on any atom is -0.497 e. The van der Waals surface area contributed by atoms with Crippen LogP contribution >= 0.6 is 0 Å². The Morgan fingerprint density at radius 3 is 2.54 bits per heavy atom. The van der Waals surface area contributed by atoms with Gasteiger partial charge in [-0.05, 0) is 45.4 Å². The van der Waals surface area contributed by atoms with Crippen molar-refractivity contribution in [2.24, 2.45) is 0 Å². The molecule has 0 saturated heterocycles. The van der Waals surface area contributed by atoms with Crippen LogP contribution in [0.2, 0.25) is 0 Å². The second kappa shape index (κ2) is 9.07. The van der Waals surface area contributed by atoms with Gasteiger partial charge in [-0.25, -0.2) is 9.59 Å². The number of aromatic nitrogens is 1. The van der Waals surface area contributed by atoms with E-state index in [2.05, 4.69) is 10.3 Å². The number of hydrogen-bond acceptors (Lipinski definition) is 6. The van der Waals surface area contributed by atoms with Gasteiger partial charge >= 0.3 is 11.9 Å². The van der Waals surface area contributed by atoms with E-state index in [1.54, 1.807) is 45.0 Å². The fourth-order valence-corrected chi connectivity index (χ4v) is 2.68. The molecule has 2 rings (SSSR count). The molecule has 1 aromatic heterocycles. The Hall–Kier alpha value is -3.29. The fourth-order valence-electron chi connectivity index (χ4n) is 2.68. The van der Waals surface area contributed by atoms with Crippen molar-refractivity contribution in [2.75, 3.05) is 19.0 Å². The molecule has 28 heavy (non-hydrogen) atoms. The third kappa shape index (κ3) is 4.70. The molecule has 0 aliphatic heterocycles. The molecule has 0 radical (unpaired) electrons. The van der Waals surface area contributed by atoms with Crippen molar-refractivity contribution in [2.45, 2.75) is 33.8 Å². The molecule has 1 atom stereocenters. The highest BCUT2D eigenvalue weighted by atomic mass is 16.5. The van der Waals surface area contributed by atoms with Gasteiger partial charge < -0.3 is 24.5 Å². The highest BCUT2D eigenvalue weighted by Crippen LogP contribution is 2.21. The van der Waals surface area contributed by atoms with Gasteiger partial charge in [0.15, 0.2) is 6.10 Å². The van der Waals surface area contributed by atoms with Crippen LogP contribution in [0, 0.1) is 13.8 Å². The Morgan fingerprint density at radius 1 is 1.18 bits per heavy atom. The molecule has 0 fully saturated rings. The van der Waals surface area contributed by atoms with Crippen LogP contribution in [0.3, 0.4) is 0 Å². The first-order chi connectivity index (χ1) is 13.3. The van der Waals surface area contributed by atoms with Crippen LogP contribution in [0.25, 0.3) is 0 Å². The summed E-state index contributed by atoms with van der Waals surface area (Å²) in [6, 6.07) is 6.82. The normalized spacial score (nSPS) is 11.5. The predicted molar refractivity (Wildman–Crippen MR) is 103 cm³/mol. The standard InChI is InChI=1S/C20H24N2O6/c1-6-27-19(24)16-11(2)17(21-12(16)3)20(25)28-13(4)18(23)22-14-8-7-9-15(10-14)26-5/h7-10,13,21H,6H2,1-5H3,(H,22,23)/t13-/m0/s1. The molecule has 0 saturated carbocycles. The van der Waals surface area contributed by atoms with Crippen molar-refractivity contribution >= 4 is 23.5 Å². The lowest BCUT2D eigenvalue weighted by atomic mass is 10.1. The predicted octanol–water partition coefficient (Wildman–Crippen LogP) is 3.00. The highest BCUT2D eigenvalue weighted by Gasteiger charge is 2.26. The molecule has 0 spiro atoms. The smallest absolute Gasteiger partial charge is 0.355 e. The van der Waals surface area contributed by atoms with Crippen LogP contribution < -0.4 is 10.1 Å². The largest absolute Gasteiger partial charge is 0.497 e. The summed E-state index contributed by atoms with van der Waals surface area (Å²) in [5, 5.41) is 2.66. The third-order valence-corrected chi connectivity index (χ3v) is 4.11. The molecule has 8 heteroatoms. The first kappa shape index (κ1) is 21.0. The van der Waals surface area contributed by atoms with Gasteiger partial charge in [0.05, 0.1) is 19.3 Å². The average molecular weight is 388 g/mol. The topological polar surface area (TPSA) is 107 Å². The molecular formula is C20H24N2O6. The summed E-state index contributed by atoms with van der Waals surface area (Å²) in [5.74, 6) is -1.15. The molecule has 8 nitrogen and oxygen atoms in total. The zero-order chi connectivity index (χ0) is 20.8. The van der Waals surface area contributed by atoms with E-state index in [9.17, 15) is 14.4 Å². The summed E-state index contributed by atoms with van der Waals surface area (Å²) in [6.45, 7) is 6.67. The van der Waals surface area contributed by atoms with E-state index in [-0.39, 0.29) is 12.3 Å². The highest BCUT2D eigenvalue weighted by molar-refractivity contribution is 6.00. The van der Waals surface area contributed by atoms with E-state index in [1.807, 2.05) is 0 Å². The number of H-pyrrole nitrogens is 1. The number of amides is 1. The third-order valence-electron chi connectivity index (χ3n) is 4.11. The van der Waals surface area contributed by atoms with Crippen LogP contribution in [0.1, 0.15) is 46.0 Å². The Morgan fingerprint density at radius 2 is 1.89 bits per heavy atom. The van der Waals surface area contributed by atoms with Gasteiger partial charge in [-0.15, -0.1) is 0 Å². The summed E-state index contributed by atoms with van der Waals surface area (Å²) >= 11 is 0. The molecule has 0 aliphatic carbocycles. The Labute approximate surface area is 163 Å². The second-order valence-electron chi connectivity index (χ2n) is 6.11. The van der Waals surface area contributed by atoms with Crippen LogP contribution in [0.15, 0.2) is 24.3 Å². The molecule has 0 bridgehead atoms. The number of esters is 2. The number of carbonyl (C=O) groups excluding carboxylic acids is 3. The van der Waals surface area contributed by atoms with Gasteiger partial charge in [-0.2, -0.15) is 0 Å². The number of hydrogen-bond donors (Lipinski definition) is 2. The lowest BCUT2D eigenvalue weighted by Crippen LogP contribution is -2.30. The van der Waals surface area contributed by atoms with E-state index in [4.69, 9.17) is 14.2 Å². The zero-order valence-electron chi connectivity index (χ0n) is 16.5. The van der Waals surface area contributed by atoms with Gasteiger partial charge in [0.25, 0.3) is 5.91 Å². The monoisotopic (exact) mass is 388 g/mol. The van der Waals surface area contributed by atoms with E-state index in [0.29, 0.717) is 28.3 Å². The summed E-state index contributed by atoms with van der Waals surface area (Å²) < 4.78 is 15.4. The summed E-state index contributed by atoms with van der Waals surface area (Å²) in [7, 11) is 1.52. The number of nitrogens with one attached hydrogen (secondary N) is 2. The quantitative estimate of drug-likeness (QED) is 0.706. The minimum atomic E-state index is -1.05.